The molecule has 1 fully saturated rings. The molecule has 2 aromatic rings. The van der Waals surface area contributed by atoms with Gasteiger partial charge in [0.25, 0.3) is 0 Å². The van der Waals surface area contributed by atoms with Gasteiger partial charge in [-0.1, -0.05) is 11.6 Å². The number of anilines is 1. The number of halogens is 1. The molecular formula is C17H21ClN4O4S. The summed E-state index contributed by atoms with van der Waals surface area (Å²) in [5.74, 6) is -0.190. The van der Waals surface area contributed by atoms with E-state index in [-0.39, 0.29) is 17.2 Å². The van der Waals surface area contributed by atoms with Gasteiger partial charge in [0.15, 0.2) is 0 Å². The highest BCUT2D eigenvalue weighted by Gasteiger charge is 2.26. The van der Waals surface area contributed by atoms with Gasteiger partial charge in [-0.05, 0) is 31.2 Å². The van der Waals surface area contributed by atoms with Crippen molar-refractivity contribution in [2.45, 2.75) is 24.8 Å². The second-order valence-electron chi connectivity index (χ2n) is 6.14. The minimum Gasteiger partial charge on any atom is -0.379 e. The maximum Gasteiger partial charge on any atom is 0.243 e. The summed E-state index contributed by atoms with van der Waals surface area (Å²) in [5.41, 5.74) is 1.35. The first-order chi connectivity index (χ1) is 12.9. The Morgan fingerprint density at radius 3 is 2.52 bits per heavy atom. The maximum absolute atomic E-state index is 12.6. The van der Waals surface area contributed by atoms with E-state index in [4.69, 9.17) is 16.3 Å². The molecule has 10 heteroatoms. The van der Waals surface area contributed by atoms with Crippen molar-refractivity contribution in [3.8, 4) is 0 Å². The molecule has 1 aromatic heterocycles. The van der Waals surface area contributed by atoms with Gasteiger partial charge in [0.05, 0.1) is 41.6 Å². The predicted molar refractivity (Wildman–Crippen MR) is 101 cm³/mol. The van der Waals surface area contributed by atoms with Crippen LogP contribution in [0.1, 0.15) is 12.1 Å². The number of hydrogen-bond donors (Lipinski definition) is 1. The van der Waals surface area contributed by atoms with Crippen LogP contribution in [0.2, 0.25) is 5.02 Å². The van der Waals surface area contributed by atoms with Crippen molar-refractivity contribution in [3.05, 3.63) is 41.2 Å². The fraction of sp³-hybridized carbons (Fsp3) is 0.412. The monoisotopic (exact) mass is 412 g/mol. The molecule has 0 atom stereocenters. The normalized spacial score (nSPS) is 15.6. The molecule has 0 bridgehead atoms. The number of sulfonamides is 1. The summed E-state index contributed by atoms with van der Waals surface area (Å²) >= 11 is 5.94. The van der Waals surface area contributed by atoms with Crippen LogP contribution in [-0.4, -0.2) is 54.7 Å². The number of aryl methyl sites for hydroxylation is 1. The Kier molecular flexibility index (Phi) is 6.15. The zero-order chi connectivity index (χ0) is 19.4. The van der Waals surface area contributed by atoms with E-state index < -0.39 is 10.0 Å². The molecule has 1 aliphatic heterocycles. The average Bonchev–Trinajstić information content (AvgIpc) is 2.99. The molecule has 3 rings (SSSR count). The van der Waals surface area contributed by atoms with Gasteiger partial charge in [0.1, 0.15) is 0 Å². The molecule has 1 aromatic carbocycles. The highest BCUT2D eigenvalue weighted by molar-refractivity contribution is 7.89. The Labute approximate surface area is 163 Å². The molecule has 1 saturated heterocycles. The number of benzene rings is 1. The Morgan fingerprint density at radius 1 is 1.26 bits per heavy atom. The van der Waals surface area contributed by atoms with E-state index >= 15 is 0 Å². The third-order valence-electron chi connectivity index (χ3n) is 4.34. The summed E-state index contributed by atoms with van der Waals surface area (Å²) in [4.78, 5) is 12.3. The Morgan fingerprint density at radius 2 is 1.93 bits per heavy atom. The molecule has 1 N–H and O–H groups in total. The lowest BCUT2D eigenvalue weighted by atomic mass is 10.3. The van der Waals surface area contributed by atoms with Gasteiger partial charge >= 0.3 is 0 Å². The third kappa shape index (κ3) is 4.67. The summed E-state index contributed by atoms with van der Waals surface area (Å²) in [7, 11) is -3.54. The second-order valence-corrected chi connectivity index (χ2v) is 8.49. The van der Waals surface area contributed by atoms with E-state index in [9.17, 15) is 13.2 Å². The zero-order valence-corrected chi connectivity index (χ0v) is 16.5. The number of nitrogens with zero attached hydrogens (tertiary/aromatic N) is 3. The van der Waals surface area contributed by atoms with Crippen LogP contribution in [-0.2, 0) is 26.1 Å². The molecule has 8 nitrogen and oxygen atoms in total. The van der Waals surface area contributed by atoms with E-state index in [1.165, 1.54) is 16.4 Å². The molecule has 0 aliphatic carbocycles. The summed E-state index contributed by atoms with van der Waals surface area (Å²) < 4.78 is 33.4. The molecule has 0 radical (unpaired) electrons. The van der Waals surface area contributed by atoms with Crippen LogP contribution in [0.3, 0.4) is 0 Å². The van der Waals surface area contributed by atoms with Crippen LogP contribution in [0.4, 0.5) is 5.69 Å². The number of morpholine rings is 1. The van der Waals surface area contributed by atoms with Crippen LogP contribution in [0.15, 0.2) is 35.4 Å². The van der Waals surface area contributed by atoms with Crippen molar-refractivity contribution < 1.29 is 17.9 Å². The molecule has 27 heavy (non-hydrogen) atoms. The number of amides is 1. The number of carbonyl (C=O) groups excluding carboxylic acids is 1. The van der Waals surface area contributed by atoms with Gasteiger partial charge in [0.2, 0.25) is 15.9 Å². The van der Waals surface area contributed by atoms with Gasteiger partial charge in [-0.3, -0.25) is 9.48 Å². The summed E-state index contributed by atoms with van der Waals surface area (Å²) in [5, 5.41) is 7.42. The fourth-order valence-electron chi connectivity index (χ4n) is 2.73. The smallest absolute Gasteiger partial charge is 0.243 e. The lowest BCUT2D eigenvalue weighted by Crippen LogP contribution is -2.40. The lowest BCUT2D eigenvalue weighted by Gasteiger charge is -2.26. The van der Waals surface area contributed by atoms with Crippen molar-refractivity contribution >= 4 is 33.2 Å². The van der Waals surface area contributed by atoms with Gasteiger partial charge in [-0.2, -0.15) is 9.40 Å². The topological polar surface area (TPSA) is 93.5 Å². The van der Waals surface area contributed by atoms with Crippen molar-refractivity contribution in [3.63, 3.8) is 0 Å². The van der Waals surface area contributed by atoms with E-state index in [0.717, 1.165) is 5.69 Å². The lowest BCUT2D eigenvalue weighted by molar-refractivity contribution is -0.116. The standard InChI is InChI=1S/C17H21ClN4O4S/c1-13-16(18)12-19-22(13)7-6-17(23)20-14-2-4-15(5-3-14)27(24,25)21-8-10-26-11-9-21/h2-5,12H,6-11H2,1H3,(H,20,23). The van der Waals surface area contributed by atoms with Crippen molar-refractivity contribution in [1.29, 1.82) is 0 Å². The zero-order valence-electron chi connectivity index (χ0n) is 14.9. The first-order valence-corrected chi connectivity index (χ1v) is 10.4. The molecule has 1 amide bonds. The number of ether oxygens (including phenoxy) is 1. The summed E-state index contributed by atoms with van der Waals surface area (Å²) in [6, 6.07) is 6.16. The molecule has 0 spiro atoms. The largest absolute Gasteiger partial charge is 0.379 e. The van der Waals surface area contributed by atoms with Gasteiger partial charge in [-0.15, -0.1) is 0 Å². The van der Waals surface area contributed by atoms with Crippen molar-refractivity contribution in [1.82, 2.24) is 14.1 Å². The van der Waals surface area contributed by atoms with E-state index in [2.05, 4.69) is 10.4 Å². The minimum absolute atomic E-state index is 0.190. The van der Waals surface area contributed by atoms with E-state index in [0.29, 0.717) is 43.6 Å². The number of carbonyl (C=O) groups is 1. The first-order valence-electron chi connectivity index (χ1n) is 8.53. The van der Waals surface area contributed by atoms with Crippen molar-refractivity contribution in [2.24, 2.45) is 0 Å². The molecule has 2 heterocycles. The maximum atomic E-state index is 12.6. The van der Waals surface area contributed by atoms with Gasteiger partial charge in [-0.25, -0.2) is 8.42 Å². The average molecular weight is 413 g/mol. The quantitative estimate of drug-likeness (QED) is 0.782. The summed E-state index contributed by atoms with van der Waals surface area (Å²) in [6.07, 6.45) is 1.77. The summed E-state index contributed by atoms with van der Waals surface area (Å²) in [6.45, 7) is 3.73. The second kappa shape index (κ2) is 8.39. The predicted octanol–water partition coefficient (Wildman–Crippen LogP) is 1.89. The van der Waals surface area contributed by atoms with Gasteiger partial charge in [0, 0.05) is 25.2 Å². The highest BCUT2D eigenvalue weighted by Crippen LogP contribution is 2.20. The van der Waals surface area contributed by atoms with E-state index in [1.807, 2.05) is 6.92 Å². The van der Waals surface area contributed by atoms with Crippen LogP contribution >= 0.6 is 11.6 Å². The Bertz CT molecular complexity index is 906. The highest BCUT2D eigenvalue weighted by atomic mass is 35.5. The van der Waals surface area contributed by atoms with Gasteiger partial charge < -0.3 is 10.1 Å². The van der Waals surface area contributed by atoms with Crippen LogP contribution in [0.25, 0.3) is 0 Å². The molecule has 146 valence electrons. The molecule has 0 unspecified atom stereocenters. The number of aromatic nitrogens is 2. The Hall–Kier alpha value is -1.94. The minimum atomic E-state index is -3.54. The SMILES string of the molecule is Cc1c(Cl)cnn1CCC(=O)Nc1ccc(S(=O)(=O)N2CCOCC2)cc1. The van der Waals surface area contributed by atoms with E-state index in [1.54, 1.807) is 23.0 Å². The molecule has 0 saturated carbocycles. The molecule has 1 aliphatic rings. The number of nitrogens with one attached hydrogen (secondary N) is 1. The molecular weight excluding hydrogens is 392 g/mol. The Balaban J connectivity index is 1.58. The third-order valence-corrected chi connectivity index (χ3v) is 6.62. The van der Waals surface area contributed by atoms with Crippen LogP contribution in [0.5, 0.6) is 0 Å². The van der Waals surface area contributed by atoms with Crippen LogP contribution < -0.4 is 5.32 Å². The first kappa shape index (κ1) is 19.8. The van der Waals surface area contributed by atoms with Crippen molar-refractivity contribution in [2.75, 3.05) is 31.6 Å². The number of hydrogen-bond acceptors (Lipinski definition) is 5. The van der Waals surface area contributed by atoms with Crippen LogP contribution in [0, 0.1) is 6.92 Å². The fourth-order valence-corrected chi connectivity index (χ4v) is 4.28. The number of rotatable bonds is 6.